The Balaban J connectivity index is 1.45. The second kappa shape index (κ2) is 9.82. The lowest BCUT2D eigenvalue weighted by molar-refractivity contribution is -0.115. The number of thiophene rings is 1. The predicted molar refractivity (Wildman–Crippen MR) is 128 cm³/mol. The molecule has 4 rings (SSSR count). The van der Waals surface area contributed by atoms with Gasteiger partial charge in [-0.1, -0.05) is 29.8 Å². The molecule has 0 saturated carbocycles. The average Bonchev–Trinajstić information content (AvgIpc) is 3.11. The number of rotatable bonds is 6. The van der Waals surface area contributed by atoms with Crippen molar-refractivity contribution in [2.75, 3.05) is 11.9 Å². The van der Waals surface area contributed by atoms with Gasteiger partial charge in [0.2, 0.25) is 15.9 Å². The van der Waals surface area contributed by atoms with Crippen LogP contribution in [-0.2, 0) is 40.7 Å². The zero-order chi connectivity index (χ0) is 24.5. The van der Waals surface area contributed by atoms with Crippen LogP contribution in [0.1, 0.15) is 27.1 Å². The van der Waals surface area contributed by atoms with E-state index in [1.165, 1.54) is 47.7 Å². The topological polar surface area (TPSA) is 116 Å². The lowest BCUT2D eigenvalue weighted by Crippen LogP contribution is -2.29. The Morgan fingerprint density at radius 3 is 2.65 bits per heavy atom. The first kappa shape index (κ1) is 24.3. The molecule has 0 saturated heterocycles. The number of hydrogen-bond donors (Lipinski definition) is 2. The summed E-state index contributed by atoms with van der Waals surface area (Å²) in [6, 6.07) is 12.3. The second-order valence-corrected chi connectivity index (χ2v) is 11.0. The summed E-state index contributed by atoms with van der Waals surface area (Å²) in [5.41, 5.74) is 2.84. The van der Waals surface area contributed by atoms with Crippen molar-refractivity contribution in [1.82, 2.24) is 4.90 Å². The van der Waals surface area contributed by atoms with Crippen LogP contribution in [0.25, 0.3) is 0 Å². The molecular formula is C23H20ClFN4O3S2. The molecule has 0 fully saturated rings. The highest BCUT2D eigenvalue weighted by atomic mass is 35.5. The molecule has 2 heterocycles. The predicted octanol–water partition coefficient (Wildman–Crippen LogP) is 3.80. The Labute approximate surface area is 205 Å². The first-order valence-electron chi connectivity index (χ1n) is 10.3. The number of nitrogens with one attached hydrogen (secondary N) is 1. The first-order chi connectivity index (χ1) is 16.1. The molecule has 7 nitrogen and oxygen atoms in total. The van der Waals surface area contributed by atoms with Gasteiger partial charge in [0.05, 0.1) is 16.9 Å². The number of carbonyl (C=O) groups is 1. The Kier molecular flexibility index (Phi) is 7.02. The summed E-state index contributed by atoms with van der Waals surface area (Å²) >= 11 is 7.53. The highest BCUT2D eigenvalue weighted by Gasteiger charge is 2.25. The van der Waals surface area contributed by atoms with Crippen molar-refractivity contribution in [2.45, 2.75) is 30.8 Å². The smallest absolute Gasteiger partial charge is 0.238 e. The van der Waals surface area contributed by atoms with Crippen LogP contribution >= 0.6 is 22.9 Å². The largest absolute Gasteiger partial charge is 0.316 e. The van der Waals surface area contributed by atoms with Gasteiger partial charge in [-0.25, -0.2) is 17.9 Å². The van der Waals surface area contributed by atoms with E-state index in [2.05, 4.69) is 16.3 Å². The molecule has 1 aromatic heterocycles. The van der Waals surface area contributed by atoms with Crippen LogP contribution in [0.15, 0.2) is 47.4 Å². The van der Waals surface area contributed by atoms with Gasteiger partial charge in [-0.15, -0.1) is 11.3 Å². The maximum absolute atomic E-state index is 13.3. The van der Waals surface area contributed by atoms with Crippen molar-refractivity contribution in [1.29, 1.82) is 5.26 Å². The van der Waals surface area contributed by atoms with Crippen molar-refractivity contribution >= 4 is 43.9 Å². The van der Waals surface area contributed by atoms with Crippen LogP contribution in [0, 0.1) is 17.1 Å². The van der Waals surface area contributed by atoms with Crippen molar-refractivity contribution < 1.29 is 17.6 Å². The van der Waals surface area contributed by atoms with E-state index in [9.17, 15) is 22.9 Å². The van der Waals surface area contributed by atoms with E-state index in [0.29, 0.717) is 47.2 Å². The minimum Gasteiger partial charge on any atom is -0.316 e. The number of amides is 1. The van der Waals surface area contributed by atoms with E-state index in [1.807, 2.05) is 0 Å². The van der Waals surface area contributed by atoms with E-state index in [0.717, 1.165) is 16.0 Å². The molecule has 0 bridgehead atoms. The Morgan fingerprint density at radius 2 is 2.00 bits per heavy atom. The molecule has 1 aliphatic heterocycles. The monoisotopic (exact) mass is 518 g/mol. The third kappa shape index (κ3) is 5.46. The third-order valence-corrected chi connectivity index (χ3v) is 7.94. The molecule has 176 valence electrons. The van der Waals surface area contributed by atoms with Crippen LogP contribution in [0.3, 0.4) is 0 Å². The number of anilines is 1. The zero-order valence-corrected chi connectivity index (χ0v) is 20.2. The Hall–Kier alpha value is -2.81. The van der Waals surface area contributed by atoms with Gasteiger partial charge in [0.25, 0.3) is 0 Å². The Bertz CT molecular complexity index is 1400. The number of benzene rings is 2. The van der Waals surface area contributed by atoms with Gasteiger partial charge < -0.3 is 5.32 Å². The lowest BCUT2D eigenvalue weighted by Gasteiger charge is -2.27. The van der Waals surface area contributed by atoms with Crippen molar-refractivity contribution in [3.8, 4) is 6.07 Å². The summed E-state index contributed by atoms with van der Waals surface area (Å²) in [6.07, 6.45) is 0.673. The van der Waals surface area contributed by atoms with Gasteiger partial charge in [-0.05, 0) is 47.4 Å². The van der Waals surface area contributed by atoms with E-state index in [1.54, 1.807) is 6.07 Å². The number of nitrogens with zero attached hydrogens (tertiary/aromatic N) is 2. The van der Waals surface area contributed by atoms with Gasteiger partial charge >= 0.3 is 0 Å². The van der Waals surface area contributed by atoms with Crippen LogP contribution in [-0.4, -0.2) is 25.8 Å². The fraction of sp³-hybridized carbons (Fsp3) is 0.217. The summed E-state index contributed by atoms with van der Waals surface area (Å²) in [7, 11) is -3.80. The van der Waals surface area contributed by atoms with Gasteiger partial charge in [0.15, 0.2) is 0 Å². The second-order valence-electron chi connectivity index (χ2n) is 7.93. The molecular weight excluding hydrogens is 499 g/mol. The normalized spacial score (nSPS) is 13.8. The quantitative estimate of drug-likeness (QED) is 0.515. The Morgan fingerprint density at radius 1 is 1.26 bits per heavy atom. The number of carbonyl (C=O) groups excluding carboxylic acids is 1. The van der Waals surface area contributed by atoms with Crippen molar-refractivity contribution in [3.05, 3.63) is 80.4 Å². The molecule has 0 spiro atoms. The molecule has 3 aromatic rings. The molecule has 11 heteroatoms. The van der Waals surface area contributed by atoms with Crippen LogP contribution < -0.4 is 10.5 Å². The van der Waals surface area contributed by atoms with E-state index >= 15 is 0 Å². The fourth-order valence-electron chi connectivity index (χ4n) is 3.84. The number of fused-ring (bicyclic) bond motifs is 1. The molecule has 1 amide bonds. The lowest BCUT2D eigenvalue weighted by atomic mass is 10.0. The summed E-state index contributed by atoms with van der Waals surface area (Å²) in [4.78, 5) is 15.7. The van der Waals surface area contributed by atoms with Crippen LogP contribution in [0.5, 0.6) is 0 Å². The van der Waals surface area contributed by atoms with Gasteiger partial charge in [0, 0.05) is 29.5 Å². The molecule has 0 aliphatic carbocycles. The highest BCUT2D eigenvalue weighted by Crippen LogP contribution is 2.37. The fourth-order valence-corrected chi connectivity index (χ4v) is 5.84. The van der Waals surface area contributed by atoms with Crippen LogP contribution in [0.4, 0.5) is 9.39 Å². The standard InChI is InChI=1S/C23H20ClFN4O3S2/c24-20-10-16(25)4-3-15(20)12-29-8-7-18-19(11-26)23(33-21(18)13-29)28-22(30)9-14-1-5-17(6-2-14)34(27,31)32/h1-6,10H,7-9,12-13H2,(H,28,30)(H2,27,31,32). The minimum absolute atomic E-state index is 0.0214. The van der Waals surface area contributed by atoms with E-state index < -0.39 is 10.0 Å². The first-order valence-corrected chi connectivity index (χ1v) is 13.0. The third-order valence-electron chi connectivity index (χ3n) is 5.53. The summed E-state index contributed by atoms with van der Waals surface area (Å²) in [6.45, 7) is 1.84. The molecule has 2 aromatic carbocycles. The van der Waals surface area contributed by atoms with Gasteiger partial charge in [-0.2, -0.15) is 5.26 Å². The van der Waals surface area contributed by atoms with Crippen molar-refractivity contribution in [2.24, 2.45) is 5.14 Å². The SMILES string of the molecule is N#Cc1c(NC(=O)Cc2ccc(S(N)(=O)=O)cc2)sc2c1CCN(Cc1ccc(F)cc1Cl)C2. The number of nitriles is 1. The number of hydrogen-bond acceptors (Lipinski definition) is 6. The number of sulfonamides is 1. The summed E-state index contributed by atoms with van der Waals surface area (Å²) in [5.74, 6) is -0.694. The van der Waals surface area contributed by atoms with E-state index in [4.69, 9.17) is 16.7 Å². The van der Waals surface area contributed by atoms with Gasteiger partial charge in [0.1, 0.15) is 16.9 Å². The minimum atomic E-state index is -3.80. The van der Waals surface area contributed by atoms with Gasteiger partial charge in [-0.3, -0.25) is 9.69 Å². The maximum Gasteiger partial charge on any atom is 0.238 e. The summed E-state index contributed by atoms with van der Waals surface area (Å²) < 4.78 is 36.1. The number of nitrogens with two attached hydrogens (primary N) is 1. The molecule has 0 atom stereocenters. The molecule has 0 radical (unpaired) electrons. The van der Waals surface area contributed by atoms with Crippen molar-refractivity contribution in [3.63, 3.8) is 0 Å². The maximum atomic E-state index is 13.3. The van der Waals surface area contributed by atoms with Crippen LogP contribution in [0.2, 0.25) is 5.02 Å². The average molecular weight is 519 g/mol. The molecule has 0 unspecified atom stereocenters. The zero-order valence-electron chi connectivity index (χ0n) is 17.8. The highest BCUT2D eigenvalue weighted by molar-refractivity contribution is 7.89. The summed E-state index contributed by atoms with van der Waals surface area (Å²) in [5, 5.41) is 18.5. The van der Waals surface area contributed by atoms with E-state index in [-0.39, 0.29) is 23.0 Å². The number of primary sulfonamides is 1. The molecule has 3 N–H and O–H groups in total. The number of halogens is 2. The molecule has 34 heavy (non-hydrogen) atoms. The molecule has 1 aliphatic rings.